The molecular weight excluding hydrogens is 498 g/mol. The number of benzene rings is 3. The summed E-state index contributed by atoms with van der Waals surface area (Å²) in [5.74, 6) is -0.776. The van der Waals surface area contributed by atoms with Crippen molar-refractivity contribution in [3.8, 4) is 0 Å². The molecule has 0 aliphatic carbocycles. The molecule has 1 N–H and O–H groups in total. The van der Waals surface area contributed by atoms with E-state index in [-0.39, 0.29) is 23.4 Å². The van der Waals surface area contributed by atoms with Gasteiger partial charge in [0.2, 0.25) is 11.8 Å². The fraction of sp³-hybridized carbons (Fsp3) is 0.333. The standard InChI is InChI=1S/C30H37N3O4S/c1-21(2)31-30(35)25(6)32(19-26-12-10-11-22(3)16-26)29(34)20-33(27-17-23(4)15-24(5)18-27)38(36,37)28-13-8-7-9-14-28/h7-18,21,25H,19-20H2,1-6H3,(H,31,35)/t25-/m0/s1. The van der Waals surface area contributed by atoms with Gasteiger partial charge >= 0.3 is 0 Å². The molecule has 0 aliphatic rings. The highest BCUT2D eigenvalue weighted by molar-refractivity contribution is 7.92. The Hall–Kier alpha value is -3.65. The smallest absolute Gasteiger partial charge is 0.264 e. The number of nitrogens with one attached hydrogen (secondary N) is 1. The maximum atomic E-state index is 13.9. The molecule has 0 spiro atoms. The molecule has 0 aliphatic heterocycles. The first-order chi connectivity index (χ1) is 17.9. The number of nitrogens with zero attached hydrogens (tertiary/aromatic N) is 2. The molecule has 0 saturated heterocycles. The van der Waals surface area contributed by atoms with Gasteiger partial charge in [-0.1, -0.05) is 54.1 Å². The summed E-state index contributed by atoms with van der Waals surface area (Å²) in [4.78, 5) is 28.5. The van der Waals surface area contributed by atoms with E-state index in [0.717, 1.165) is 26.6 Å². The summed E-state index contributed by atoms with van der Waals surface area (Å²) in [5, 5.41) is 2.87. The third kappa shape index (κ3) is 7.22. The van der Waals surface area contributed by atoms with Gasteiger partial charge in [-0.15, -0.1) is 0 Å². The molecule has 7 nitrogen and oxygen atoms in total. The average Bonchev–Trinajstić information content (AvgIpc) is 2.84. The molecule has 0 radical (unpaired) electrons. The molecule has 2 amide bonds. The fourth-order valence-electron chi connectivity index (χ4n) is 4.34. The Morgan fingerprint density at radius 2 is 1.45 bits per heavy atom. The fourth-order valence-corrected chi connectivity index (χ4v) is 5.76. The molecular formula is C30H37N3O4S. The molecule has 202 valence electrons. The number of rotatable bonds is 10. The van der Waals surface area contributed by atoms with E-state index in [0.29, 0.717) is 5.69 Å². The first-order valence-electron chi connectivity index (χ1n) is 12.7. The van der Waals surface area contributed by atoms with E-state index in [2.05, 4.69) is 5.32 Å². The normalized spacial score (nSPS) is 12.2. The number of hydrogen-bond donors (Lipinski definition) is 1. The molecule has 0 heterocycles. The Balaban J connectivity index is 2.06. The van der Waals surface area contributed by atoms with Crippen molar-refractivity contribution >= 4 is 27.5 Å². The second-order valence-corrected chi connectivity index (χ2v) is 11.9. The van der Waals surface area contributed by atoms with E-state index < -0.39 is 28.5 Å². The highest BCUT2D eigenvalue weighted by Crippen LogP contribution is 2.26. The van der Waals surface area contributed by atoms with Crippen molar-refractivity contribution in [1.82, 2.24) is 10.2 Å². The summed E-state index contributed by atoms with van der Waals surface area (Å²) in [6.45, 7) is 10.8. The SMILES string of the molecule is Cc1cccc(CN(C(=O)CN(c2cc(C)cc(C)c2)S(=O)(=O)c2ccccc2)[C@@H](C)C(=O)NC(C)C)c1. The van der Waals surface area contributed by atoms with Crippen LogP contribution >= 0.6 is 0 Å². The van der Waals surface area contributed by atoms with Crippen molar-refractivity contribution < 1.29 is 18.0 Å². The molecule has 0 bridgehead atoms. The number of amides is 2. The summed E-state index contributed by atoms with van der Waals surface area (Å²) in [6, 6.07) is 20.3. The van der Waals surface area contributed by atoms with Crippen molar-refractivity contribution in [2.75, 3.05) is 10.8 Å². The van der Waals surface area contributed by atoms with E-state index in [1.807, 2.05) is 65.0 Å². The van der Waals surface area contributed by atoms with Crippen molar-refractivity contribution in [3.63, 3.8) is 0 Å². The van der Waals surface area contributed by atoms with Crippen molar-refractivity contribution in [1.29, 1.82) is 0 Å². The van der Waals surface area contributed by atoms with Gasteiger partial charge in [0.05, 0.1) is 10.6 Å². The summed E-state index contributed by atoms with van der Waals surface area (Å²) in [6.07, 6.45) is 0. The molecule has 0 unspecified atom stereocenters. The lowest BCUT2D eigenvalue weighted by Crippen LogP contribution is -2.52. The molecule has 3 aromatic carbocycles. The number of hydrogen-bond acceptors (Lipinski definition) is 4. The lowest BCUT2D eigenvalue weighted by molar-refractivity contribution is -0.139. The quantitative estimate of drug-likeness (QED) is 0.406. The van der Waals surface area contributed by atoms with E-state index in [4.69, 9.17) is 0 Å². The summed E-state index contributed by atoms with van der Waals surface area (Å²) in [5.41, 5.74) is 4.03. The van der Waals surface area contributed by atoms with Crippen LogP contribution < -0.4 is 9.62 Å². The Morgan fingerprint density at radius 3 is 2.03 bits per heavy atom. The lowest BCUT2D eigenvalue weighted by atomic mass is 10.1. The van der Waals surface area contributed by atoms with Crippen LogP contribution in [0.15, 0.2) is 77.7 Å². The second-order valence-electron chi connectivity index (χ2n) is 10.0. The van der Waals surface area contributed by atoms with Crippen LogP contribution in [0.5, 0.6) is 0 Å². The Labute approximate surface area is 226 Å². The van der Waals surface area contributed by atoms with Gasteiger partial charge in [0.25, 0.3) is 10.0 Å². The number of aryl methyl sites for hydroxylation is 3. The van der Waals surface area contributed by atoms with Crippen LogP contribution in [-0.4, -0.2) is 43.8 Å². The topological polar surface area (TPSA) is 86.8 Å². The Bertz CT molecular complexity index is 1370. The number of carbonyl (C=O) groups excluding carboxylic acids is 2. The third-order valence-electron chi connectivity index (χ3n) is 6.14. The van der Waals surface area contributed by atoms with Gasteiger partial charge < -0.3 is 10.2 Å². The van der Waals surface area contributed by atoms with Gasteiger partial charge in [-0.3, -0.25) is 13.9 Å². The van der Waals surface area contributed by atoms with Crippen LogP contribution in [0.2, 0.25) is 0 Å². The predicted octanol–water partition coefficient (Wildman–Crippen LogP) is 4.75. The van der Waals surface area contributed by atoms with Crippen LogP contribution in [0.4, 0.5) is 5.69 Å². The van der Waals surface area contributed by atoms with E-state index in [1.54, 1.807) is 37.3 Å². The molecule has 0 fully saturated rings. The Morgan fingerprint density at radius 1 is 0.816 bits per heavy atom. The lowest BCUT2D eigenvalue weighted by Gasteiger charge is -2.32. The summed E-state index contributed by atoms with van der Waals surface area (Å²) >= 11 is 0. The first-order valence-corrected chi connectivity index (χ1v) is 14.1. The molecule has 38 heavy (non-hydrogen) atoms. The maximum absolute atomic E-state index is 13.9. The molecule has 1 atom stereocenters. The van der Waals surface area contributed by atoms with Gasteiger partial charge in [0.1, 0.15) is 12.6 Å². The number of anilines is 1. The molecule has 8 heteroatoms. The van der Waals surface area contributed by atoms with Gasteiger partial charge in [-0.2, -0.15) is 0 Å². The Kier molecular flexibility index (Phi) is 9.33. The number of sulfonamides is 1. The van der Waals surface area contributed by atoms with Crippen LogP contribution in [0.1, 0.15) is 43.0 Å². The molecule has 3 aromatic rings. The molecule has 0 aromatic heterocycles. The second kappa shape index (κ2) is 12.3. The summed E-state index contributed by atoms with van der Waals surface area (Å²) in [7, 11) is -4.08. The molecule has 3 rings (SSSR count). The average molecular weight is 536 g/mol. The monoisotopic (exact) mass is 535 g/mol. The van der Waals surface area contributed by atoms with E-state index in [9.17, 15) is 18.0 Å². The minimum absolute atomic E-state index is 0.0859. The van der Waals surface area contributed by atoms with Gasteiger partial charge in [-0.25, -0.2) is 8.42 Å². The van der Waals surface area contributed by atoms with Crippen molar-refractivity contribution in [2.45, 2.75) is 65.1 Å². The highest BCUT2D eigenvalue weighted by atomic mass is 32.2. The first kappa shape index (κ1) is 28.9. The van der Waals surface area contributed by atoms with Crippen LogP contribution in [-0.2, 0) is 26.2 Å². The van der Waals surface area contributed by atoms with Crippen LogP contribution in [0.25, 0.3) is 0 Å². The molecule has 0 saturated carbocycles. The predicted molar refractivity (Wildman–Crippen MR) is 151 cm³/mol. The van der Waals surface area contributed by atoms with Crippen molar-refractivity contribution in [2.24, 2.45) is 0 Å². The van der Waals surface area contributed by atoms with Crippen LogP contribution in [0.3, 0.4) is 0 Å². The van der Waals surface area contributed by atoms with E-state index in [1.165, 1.54) is 17.0 Å². The highest BCUT2D eigenvalue weighted by Gasteiger charge is 2.32. The largest absolute Gasteiger partial charge is 0.352 e. The zero-order valence-electron chi connectivity index (χ0n) is 22.9. The van der Waals surface area contributed by atoms with Gasteiger partial charge in [-0.05, 0) is 82.5 Å². The maximum Gasteiger partial charge on any atom is 0.264 e. The number of carbonyl (C=O) groups is 2. The van der Waals surface area contributed by atoms with Crippen molar-refractivity contribution in [3.05, 3.63) is 95.1 Å². The van der Waals surface area contributed by atoms with Crippen LogP contribution in [0, 0.1) is 20.8 Å². The minimum atomic E-state index is -4.08. The van der Waals surface area contributed by atoms with Gasteiger partial charge in [0.15, 0.2) is 0 Å². The summed E-state index contributed by atoms with van der Waals surface area (Å²) < 4.78 is 28.8. The van der Waals surface area contributed by atoms with Gasteiger partial charge in [0, 0.05) is 12.6 Å². The van der Waals surface area contributed by atoms with E-state index >= 15 is 0 Å². The zero-order valence-corrected chi connectivity index (χ0v) is 23.7. The zero-order chi connectivity index (χ0) is 28.0. The minimum Gasteiger partial charge on any atom is -0.352 e. The third-order valence-corrected chi connectivity index (χ3v) is 7.93.